The molecule has 0 amide bonds. The second-order valence-electron chi connectivity index (χ2n) is 3.72. The van der Waals surface area contributed by atoms with Crippen molar-refractivity contribution in [2.45, 2.75) is 18.8 Å². The maximum atomic E-state index is 13.5. The van der Waals surface area contributed by atoms with Crippen LogP contribution in [0.25, 0.3) is 0 Å². The number of benzene rings is 1. The highest BCUT2D eigenvalue weighted by molar-refractivity contribution is 5.76. The Labute approximate surface area is 99.2 Å². The summed E-state index contributed by atoms with van der Waals surface area (Å²) in [4.78, 5) is 11.1. The van der Waals surface area contributed by atoms with Gasteiger partial charge in [0.15, 0.2) is 11.6 Å². The largest absolute Gasteiger partial charge is 0.494 e. The van der Waals surface area contributed by atoms with Gasteiger partial charge in [0, 0.05) is 0 Å². The Balaban J connectivity index is 2.94. The molecule has 1 rings (SSSR count). The van der Waals surface area contributed by atoms with E-state index in [0.717, 1.165) is 0 Å². The first-order valence-electron chi connectivity index (χ1n) is 5.36. The van der Waals surface area contributed by atoms with Gasteiger partial charge in [-0.25, -0.2) is 4.39 Å². The van der Waals surface area contributed by atoms with Crippen molar-refractivity contribution in [3.05, 3.63) is 29.6 Å². The minimum atomic E-state index is -0.969. The van der Waals surface area contributed by atoms with Gasteiger partial charge < -0.3 is 15.6 Å². The van der Waals surface area contributed by atoms with Crippen LogP contribution >= 0.6 is 0 Å². The Hall–Kier alpha value is -1.62. The molecule has 5 heteroatoms. The molecule has 0 bridgehead atoms. The van der Waals surface area contributed by atoms with E-state index in [9.17, 15) is 9.18 Å². The van der Waals surface area contributed by atoms with Gasteiger partial charge in [-0.05, 0) is 37.1 Å². The van der Waals surface area contributed by atoms with Crippen molar-refractivity contribution in [2.24, 2.45) is 5.73 Å². The van der Waals surface area contributed by atoms with Gasteiger partial charge in [-0.1, -0.05) is 6.07 Å². The number of rotatable bonds is 6. The highest BCUT2D eigenvalue weighted by Crippen LogP contribution is 2.26. The number of carbonyl (C=O) groups is 1. The van der Waals surface area contributed by atoms with Crippen LogP contribution in [-0.4, -0.2) is 24.7 Å². The van der Waals surface area contributed by atoms with E-state index < -0.39 is 17.7 Å². The molecule has 1 aromatic rings. The third-order valence-corrected chi connectivity index (χ3v) is 2.57. The van der Waals surface area contributed by atoms with Gasteiger partial charge in [-0.15, -0.1) is 0 Å². The second kappa shape index (κ2) is 6.20. The molecule has 0 aromatic heterocycles. The number of methoxy groups -OCH3 is 1. The predicted molar refractivity (Wildman–Crippen MR) is 61.6 cm³/mol. The van der Waals surface area contributed by atoms with Crippen LogP contribution in [0, 0.1) is 5.82 Å². The summed E-state index contributed by atoms with van der Waals surface area (Å²) in [5, 5.41) is 9.08. The lowest BCUT2D eigenvalue weighted by Gasteiger charge is -2.13. The van der Waals surface area contributed by atoms with Gasteiger partial charge in [0.2, 0.25) is 0 Å². The molecule has 0 fully saturated rings. The normalized spacial score (nSPS) is 12.2. The Bertz CT molecular complexity index is 395. The van der Waals surface area contributed by atoms with Gasteiger partial charge in [-0.2, -0.15) is 0 Å². The van der Waals surface area contributed by atoms with Crippen LogP contribution in [0.3, 0.4) is 0 Å². The van der Waals surface area contributed by atoms with Crippen LogP contribution in [-0.2, 0) is 4.79 Å². The van der Waals surface area contributed by atoms with Crippen LogP contribution in [0.2, 0.25) is 0 Å². The SMILES string of the molecule is COc1ccc(C(CCCN)C(=O)O)cc1F. The number of halogens is 1. The van der Waals surface area contributed by atoms with E-state index in [-0.39, 0.29) is 5.75 Å². The number of carboxylic acid groups (broad SMARTS) is 1. The first kappa shape index (κ1) is 13.4. The van der Waals surface area contributed by atoms with E-state index in [1.54, 1.807) is 6.07 Å². The summed E-state index contributed by atoms with van der Waals surface area (Å²) in [5.74, 6) is -2.14. The molecule has 0 saturated heterocycles. The molecular formula is C12H16FNO3. The zero-order chi connectivity index (χ0) is 12.8. The Morgan fingerprint density at radius 3 is 2.76 bits per heavy atom. The van der Waals surface area contributed by atoms with Crippen molar-refractivity contribution >= 4 is 5.97 Å². The fourth-order valence-electron chi connectivity index (χ4n) is 1.65. The number of hydrogen-bond donors (Lipinski definition) is 2. The lowest BCUT2D eigenvalue weighted by Crippen LogP contribution is -2.14. The minimum absolute atomic E-state index is 0.108. The number of carboxylic acids is 1. The molecule has 0 radical (unpaired) electrons. The molecule has 0 aliphatic rings. The molecule has 0 heterocycles. The molecule has 3 N–H and O–H groups in total. The number of hydrogen-bond acceptors (Lipinski definition) is 3. The fraction of sp³-hybridized carbons (Fsp3) is 0.417. The van der Waals surface area contributed by atoms with E-state index in [2.05, 4.69) is 0 Å². The zero-order valence-electron chi connectivity index (χ0n) is 9.65. The molecule has 0 aliphatic carbocycles. The molecule has 1 aromatic carbocycles. The van der Waals surface area contributed by atoms with Gasteiger partial charge in [0.25, 0.3) is 0 Å². The third kappa shape index (κ3) is 3.42. The van der Waals surface area contributed by atoms with Crippen molar-refractivity contribution in [1.82, 2.24) is 0 Å². The number of ether oxygens (including phenoxy) is 1. The summed E-state index contributed by atoms with van der Waals surface area (Å²) < 4.78 is 18.2. The van der Waals surface area contributed by atoms with Crippen molar-refractivity contribution in [3.63, 3.8) is 0 Å². The lowest BCUT2D eigenvalue weighted by molar-refractivity contribution is -0.139. The molecule has 0 saturated carbocycles. The van der Waals surface area contributed by atoms with Gasteiger partial charge in [-0.3, -0.25) is 4.79 Å². The fourth-order valence-corrected chi connectivity index (χ4v) is 1.65. The summed E-state index contributed by atoms with van der Waals surface area (Å²) in [5.41, 5.74) is 5.78. The van der Waals surface area contributed by atoms with E-state index in [4.69, 9.17) is 15.6 Å². The molecule has 17 heavy (non-hydrogen) atoms. The van der Waals surface area contributed by atoms with Crippen LogP contribution < -0.4 is 10.5 Å². The highest BCUT2D eigenvalue weighted by Gasteiger charge is 2.20. The number of nitrogens with two attached hydrogens (primary N) is 1. The van der Waals surface area contributed by atoms with Gasteiger partial charge in [0.05, 0.1) is 13.0 Å². The summed E-state index contributed by atoms with van der Waals surface area (Å²) in [6.45, 7) is 0.419. The van der Waals surface area contributed by atoms with Crippen molar-refractivity contribution in [3.8, 4) is 5.75 Å². The van der Waals surface area contributed by atoms with Gasteiger partial charge >= 0.3 is 5.97 Å². The average Bonchev–Trinajstić information content (AvgIpc) is 2.29. The van der Waals surface area contributed by atoms with Crippen molar-refractivity contribution in [2.75, 3.05) is 13.7 Å². The molecule has 0 spiro atoms. The third-order valence-electron chi connectivity index (χ3n) is 2.57. The minimum Gasteiger partial charge on any atom is -0.494 e. The van der Waals surface area contributed by atoms with E-state index >= 15 is 0 Å². The zero-order valence-corrected chi connectivity index (χ0v) is 9.65. The Morgan fingerprint density at radius 1 is 1.59 bits per heavy atom. The van der Waals surface area contributed by atoms with Crippen LogP contribution in [0.4, 0.5) is 4.39 Å². The summed E-state index contributed by atoms with van der Waals surface area (Å²) in [6.07, 6.45) is 0.988. The predicted octanol–water partition coefficient (Wildman–Crippen LogP) is 1.74. The lowest BCUT2D eigenvalue weighted by atomic mass is 9.94. The molecular weight excluding hydrogens is 225 g/mol. The first-order valence-corrected chi connectivity index (χ1v) is 5.36. The maximum Gasteiger partial charge on any atom is 0.310 e. The molecule has 4 nitrogen and oxygen atoms in total. The van der Waals surface area contributed by atoms with Gasteiger partial charge in [0.1, 0.15) is 0 Å². The van der Waals surface area contributed by atoms with E-state index in [1.807, 2.05) is 0 Å². The Kier molecular flexibility index (Phi) is 4.90. The smallest absolute Gasteiger partial charge is 0.310 e. The maximum absolute atomic E-state index is 13.5. The second-order valence-corrected chi connectivity index (χ2v) is 3.72. The van der Waals surface area contributed by atoms with E-state index in [0.29, 0.717) is 24.9 Å². The molecule has 1 unspecified atom stereocenters. The molecule has 94 valence electrons. The van der Waals surface area contributed by atoms with Crippen molar-refractivity contribution in [1.29, 1.82) is 0 Å². The Morgan fingerprint density at radius 2 is 2.29 bits per heavy atom. The van der Waals surface area contributed by atoms with E-state index in [1.165, 1.54) is 19.2 Å². The summed E-state index contributed by atoms with van der Waals surface area (Å²) in [7, 11) is 1.36. The highest BCUT2D eigenvalue weighted by atomic mass is 19.1. The summed E-state index contributed by atoms with van der Waals surface area (Å²) >= 11 is 0. The summed E-state index contributed by atoms with van der Waals surface area (Å²) in [6, 6.07) is 4.20. The standard InChI is InChI=1S/C12H16FNO3/c1-17-11-5-4-8(7-10(11)13)9(12(15)16)3-2-6-14/h4-5,7,9H,2-3,6,14H2,1H3,(H,15,16). The van der Waals surface area contributed by atoms with Crippen LogP contribution in [0.1, 0.15) is 24.3 Å². The molecule has 1 atom stereocenters. The van der Waals surface area contributed by atoms with Crippen LogP contribution in [0.5, 0.6) is 5.75 Å². The quantitative estimate of drug-likeness (QED) is 0.795. The average molecular weight is 241 g/mol. The monoisotopic (exact) mass is 241 g/mol. The topological polar surface area (TPSA) is 72.5 Å². The number of aliphatic carboxylic acids is 1. The van der Waals surface area contributed by atoms with Crippen LogP contribution in [0.15, 0.2) is 18.2 Å². The van der Waals surface area contributed by atoms with Crippen molar-refractivity contribution < 1.29 is 19.0 Å². The molecule has 0 aliphatic heterocycles. The first-order chi connectivity index (χ1) is 8.10.